The minimum Gasteiger partial charge on any atom is -0.0654 e. The topological polar surface area (TPSA) is 0 Å². The lowest BCUT2D eigenvalue weighted by atomic mass is 9.79. The first kappa shape index (κ1) is 13.0. The van der Waals surface area contributed by atoms with Crippen molar-refractivity contribution in [2.24, 2.45) is 11.3 Å². The predicted octanol–water partition coefficient (Wildman–Crippen LogP) is 5.03. The molecule has 1 atom stereocenters. The maximum Gasteiger partial charge on any atom is -0.0357 e. The van der Waals surface area contributed by atoms with Gasteiger partial charge in [-0.05, 0) is 11.3 Å². The number of hydrogen-bond acceptors (Lipinski definition) is 0. The van der Waals surface area contributed by atoms with E-state index < -0.39 is 0 Å². The lowest BCUT2D eigenvalue weighted by Crippen LogP contribution is -2.16. The zero-order valence-electron chi connectivity index (χ0n) is 10.3. The molecule has 0 aromatic heterocycles. The van der Waals surface area contributed by atoms with Gasteiger partial charge in [-0.15, -0.1) is 0 Å². The van der Waals surface area contributed by atoms with E-state index in [2.05, 4.69) is 34.6 Å². The van der Waals surface area contributed by atoms with Crippen LogP contribution in [0.15, 0.2) is 0 Å². The Morgan fingerprint density at radius 3 is 1.92 bits per heavy atom. The molecule has 0 bridgehead atoms. The summed E-state index contributed by atoms with van der Waals surface area (Å²) in [5, 5.41) is 0. The van der Waals surface area contributed by atoms with E-state index in [0.29, 0.717) is 5.41 Å². The molecule has 0 N–H and O–H groups in total. The van der Waals surface area contributed by atoms with Gasteiger partial charge in [0.05, 0.1) is 0 Å². The zero-order valence-corrected chi connectivity index (χ0v) is 10.3. The standard InChI is InChI=1S/C13H28/c1-6-7-8-9-10-11-12(2)13(3,4)5/h12H,6-11H2,1-5H3/t12-/m1/s1. The first-order chi connectivity index (χ1) is 5.98. The summed E-state index contributed by atoms with van der Waals surface area (Å²) in [4.78, 5) is 0. The molecule has 0 rings (SSSR count). The summed E-state index contributed by atoms with van der Waals surface area (Å²) in [5.41, 5.74) is 0.505. The predicted molar refractivity (Wildman–Crippen MR) is 62.0 cm³/mol. The van der Waals surface area contributed by atoms with Crippen LogP contribution in [-0.4, -0.2) is 0 Å². The monoisotopic (exact) mass is 184 g/mol. The Hall–Kier alpha value is 0. The summed E-state index contributed by atoms with van der Waals surface area (Å²) in [6, 6.07) is 0. The Labute approximate surface area is 85.1 Å². The van der Waals surface area contributed by atoms with Gasteiger partial charge in [-0.25, -0.2) is 0 Å². The minimum absolute atomic E-state index is 0.505. The van der Waals surface area contributed by atoms with Crippen LogP contribution in [0.4, 0.5) is 0 Å². The van der Waals surface area contributed by atoms with Crippen molar-refractivity contribution in [1.82, 2.24) is 0 Å². The molecule has 13 heavy (non-hydrogen) atoms. The Bertz CT molecular complexity index is 108. The Balaban J connectivity index is 3.32. The third-order valence-corrected chi connectivity index (χ3v) is 3.22. The van der Waals surface area contributed by atoms with E-state index in [1.54, 1.807) is 0 Å². The average molecular weight is 184 g/mol. The highest BCUT2D eigenvalue weighted by Gasteiger charge is 2.18. The van der Waals surface area contributed by atoms with Crippen molar-refractivity contribution in [3.63, 3.8) is 0 Å². The van der Waals surface area contributed by atoms with Crippen LogP contribution in [0.2, 0.25) is 0 Å². The number of rotatable bonds is 6. The van der Waals surface area contributed by atoms with Crippen molar-refractivity contribution in [2.75, 3.05) is 0 Å². The second-order valence-electron chi connectivity index (χ2n) is 5.47. The molecular formula is C13H28. The van der Waals surface area contributed by atoms with Gasteiger partial charge < -0.3 is 0 Å². The maximum atomic E-state index is 2.39. The smallest absolute Gasteiger partial charge is 0.0357 e. The molecule has 0 saturated carbocycles. The van der Waals surface area contributed by atoms with Crippen LogP contribution in [-0.2, 0) is 0 Å². The highest BCUT2D eigenvalue weighted by Crippen LogP contribution is 2.29. The van der Waals surface area contributed by atoms with Crippen LogP contribution in [0.1, 0.15) is 73.1 Å². The summed E-state index contributed by atoms with van der Waals surface area (Å²) in [7, 11) is 0. The van der Waals surface area contributed by atoms with Gasteiger partial charge in [0.15, 0.2) is 0 Å². The molecule has 0 spiro atoms. The molecule has 0 heterocycles. The summed E-state index contributed by atoms with van der Waals surface area (Å²) < 4.78 is 0. The average Bonchev–Trinajstić information content (AvgIpc) is 2.02. The first-order valence-corrected chi connectivity index (χ1v) is 5.98. The van der Waals surface area contributed by atoms with E-state index in [1.807, 2.05) is 0 Å². The fraction of sp³-hybridized carbons (Fsp3) is 1.00. The molecule has 0 aliphatic rings. The van der Waals surface area contributed by atoms with Gasteiger partial charge in [0.1, 0.15) is 0 Å². The highest BCUT2D eigenvalue weighted by molar-refractivity contribution is 4.69. The van der Waals surface area contributed by atoms with Crippen LogP contribution < -0.4 is 0 Å². The lowest BCUT2D eigenvalue weighted by Gasteiger charge is -2.27. The van der Waals surface area contributed by atoms with Crippen LogP contribution >= 0.6 is 0 Å². The van der Waals surface area contributed by atoms with Crippen LogP contribution in [0.25, 0.3) is 0 Å². The van der Waals surface area contributed by atoms with Gasteiger partial charge in [-0.3, -0.25) is 0 Å². The van der Waals surface area contributed by atoms with E-state index in [9.17, 15) is 0 Å². The highest BCUT2D eigenvalue weighted by atomic mass is 14.2. The molecular weight excluding hydrogens is 156 g/mol. The zero-order chi connectivity index (χ0) is 10.3. The molecule has 0 aromatic carbocycles. The van der Waals surface area contributed by atoms with E-state index in [1.165, 1.54) is 38.5 Å². The second kappa shape index (κ2) is 6.45. The van der Waals surface area contributed by atoms with Gasteiger partial charge >= 0.3 is 0 Å². The molecule has 0 aliphatic carbocycles. The summed E-state index contributed by atoms with van der Waals surface area (Å²) in [5.74, 6) is 0.870. The molecule has 0 saturated heterocycles. The van der Waals surface area contributed by atoms with Crippen molar-refractivity contribution in [2.45, 2.75) is 73.1 Å². The van der Waals surface area contributed by atoms with Crippen molar-refractivity contribution < 1.29 is 0 Å². The van der Waals surface area contributed by atoms with E-state index in [0.717, 1.165) is 5.92 Å². The molecule has 0 aliphatic heterocycles. The quantitative estimate of drug-likeness (QED) is 0.508. The number of unbranched alkanes of at least 4 members (excludes halogenated alkanes) is 4. The van der Waals surface area contributed by atoms with Gasteiger partial charge in [-0.1, -0.05) is 73.1 Å². The first-order valence-electron chi connectivity index (χ1n) is 5.98. The fourth-order valence-corrected chi connectivity index (χ4v) is 1.49. The van der Waals surface area contributed by atoms with Crippen molar-refractivity contribution in [3.8, 4) is 0 Å². The third-order valence-electron chi connectivity index (χ3n) is 3.22. The Morgan fingerprint density at radius 1 is 0.923 bits per heavy atom. The maximum absolute atomic E-state index is 2.39. The second-order valence-corrected chi connectivity index (χ2v) is 5.47. The SMILES string of the molecule is CCCCCCC[C@@H](C)C(C)(C)C. The normalized spacial score (nSPS) is 14.5. The molecule has 0 aromatic rings. The van der Waals surface area contributed by atoms with E-state index in [-0.39, 0.29) is 0 Å². The van der Waals surface area contributed by atoms with E-state index in [4.69, 9.17) is 0 Å². The summed E-state index contributed by atoms with van der Waals surface area (Å²) >= 11 is 0. The van der Waals surface area contributed by atoms with Crippen molar-refractivity contribution in [1.29, 1.82) is 0 Å². The summed E-state index contributed by atoms with van der Waals surface area (Å²) in [6.45, 7) is 11.7. The number of hydrogen-bond donors (Lipinski definition) is 0. The molecule has 80 valence electrons. The van der Waals surface area contributed by atoms with Crippen LogP contribution in [0, 0.1) is 11.3 Å². The molecule has 0 fully saturated rings. The van der Waals surface area contributed by atoms with Crippen LogP contribution in [0.5, 0.6) is 0 Å². The van der Waals surface area contributed by atoms with E-state index >= 15 is 0 Å². The van der Waals surface area contributed by atoms with Gasteiger partial charge in [0.2, 0.25) is 0 Å². The lowest BCUT2D eigenvalue weighted by molar-refractivity contribution is 0.240. The van der Waals surface area contributed by atoms with Crippen LogP contribution in [0.3, 0.4) is 0 Å². The van der Waals surface area contributed by atoms with Crippen molar-refractivity contribution >= 4 is 0 Å². The molecule has 0 radical (unpaired) electrons. The molecule has 0 unspecified atom stereocenters. The van der Waals surface area contributed by atoms with Crippen molar-refractivity contribution in [3.05, 3.63) is 0 Å². The Morgan fingerprint density at radius 2 is 1.46 bits per heavy atom. The minimum atomic E-state index is 0.505. The molecule has 0 nitrogen and oxygen atoms in total. The van der Waals surface area contributed by atoms with Gasteiger partial charge in [-0.2, -0.15) is 0 Å². The molecule has 0 heteroatoms. The van der Waals surface area contributed by atoms with Gasteiger partial charge in [0, 0.05) is 0 Å². The third kappa shape index (κ3) is 7.10. The largest absolute Gasteiger partial charge is 0.0654 e. The Kier molecular flexibility index (Phi) is 6.45. The molecule has 0 amide bonds. The summed E-state index contributed by atoms with van der Waals surface area (Å²) in [6.07, 6.45) is 8.49. The fourth-order valence-electron chi connectivity index (χ4n) is 1.49. The van der Waals surface area contributed by atoms with Gasteiger partial charge in [0.25, 0.3) is 0 Å².